The number of aliphatic imine (C=N–C) groups is 1. The van der Waals surface area contributed by atoms with Crippen LogP contribution in [-0.2, 0) is 0 Å². The van der Waals surface area contributed by atoms with Gasteiger partial charge in [0.25, 0.3) is 0 Å². The lowest BCUT2D eigenvalue weighted by molar-refractivity contribution is 0.206. The third kappa shape index (κ3) is 5.28. The molecule has 0 aromatic heterocycles. The Morgan fingerprint density at radius 1 is 1.19 bits per heavy atom. The third-order valence-electron chi connectivity index (χ3n) is 5.17. The van der Waals surface area contributed by atoms with Gasteiger partial charge < -0.3 is 15.5 Å². The molecule has 2 fully saturated rings. The first-order valence-electron chi connectivity index (χ1n) is 9.28. The molecule has 3 rings (SSSR count). The summed E-state index contributed by atoms with van der Waals surface area (Å²) in [5.74, 6) is -0.301. The van der Waals surface area contributed by atoms with Crippen LogP contribution in [0.25, 0.3) is 0 Å². The van der Waals surface area contributed by atoms with E-state index in [1.54, 1.807) is 7.05 Å². The standard InChI is InChI=1S/C19H28F2N4.HI/c1-3-9-25-10-7-13(8-11-25)23-19(22-2)24-17-12-14(17)18-15(20)5-4-6-16(18)21;/h4-6,13-14,17H,3,7-12H2,1-2H3,(H2,22,23,24);1H. The maximum atomic E-state index is 13.9. The molecule has 1 saturated heterocycles. The van der Waals surface area contributed by atoms with Crippen molar-refractivity contribution in [3.05, 3.63) is 35.4 Å². The van der Waals surface area contributed by atoms with Gasteiger partial charge in [-0.2, -0.15) is 0 Å². The zero-order valence-corrected chi connectivity index (χ0v) is 17.8. The van der Waals surface area contributed by atoms with Crippen LogP contribution in [0.3, 0.4) is 0 Å². The molecule has 1 saturated carbocycles. The highest BCUT2D eigenvalue weighted by Gasteiger charge is 2.42. The van der Waals surface area contributed by atoms with Crippen LogP contribution in [0.2, 0.25) is 0 Å². The summed E-state index contributed by atoms with van der Waals surface area (Å²) >= 11 is 0. The monoisotopic (exact) mass is 478 g/mol. The van der Waals surface area contributed by atoms with E-state index >= 15 is 0 Å². The highest BCUT2D eigenvalue weighted by molar-refractivity contribution is 14.0. The number of piperidine rings is 1. The molecule has 26 heavy (non-hydrogen) atoms. The van der Waals surface area contributed by atoms with Crippen molar-refractivity contribution < 1.29 is 8.78 Å². The molecule has 1 aromatic carbocycles. The molecule has 1 aliphatic heterocycles. The highest BCUT2D eigenvalue weighted by atomic mass is 127. The summed E-state index contributed by atoms with van der Waals surface area (Å²) in [5, 5.41) is 6.78. The molecule has 0 amide bonds. The number of guanidine groups is 1. The predicted molar refractivity (Wildman–Crippen MR) is 112 cm³/mol. The fraction of sp³-hybridized carbons (Fsp3) is 0.632. The maximum absolute atomic E-state index is 13.9. The van der Waals surface area contributed by atoms with Crippen molar-refractivity contribution in [2.24, 2.45) is 4.99 Å². The third-order valence-corrected chi connectivity index (χ3v) is 5.17. The Labute approximate surface area is 171 Å². The van der Waals surface area contributed by atoms with E-state index < -0.39 is 11.6 Å². The molecule has 1 aliphatic carbocycles. The number of hydrogen-bond donors (Lipinski definition) is 2. The summed E-state index contributed by atoms with van der Waals surface area (Å²) in [7, 11) is 1.74. The minimum Gasteiger partial charge on any atom is -0.354 e. The molecule has 4 nitrogen and oxygen atoms in total. The number of likely N-dealkylation sites (tertiary alicyclic amines) is 1. The fourth-order valence-electron chi connectivity index (χ4n) is 3.70. The number of nitrogens with zero attached hydrogens (tertiary/aromatic N) is 2. The van der Waals surface area contributed by atoms with E-state index in [-0.39, 0.29) is 41.5 Å². The molecule has 2 unspecified atom stereocenters. The highest BCUT2D eigenvalue weighted by Crippen LogP contribution is 2.43. The maximum Gasteiger partial charge on any atom is 0.191 e. The topological polar surface area (TPSA) is 39.7 Å². The van der Waals surface area contributed by atoms with Crippen LogP contribution in [-0.4, -0.2) is 49.6 Å². The molecule has 1 heterocycles. The van der Waals surface area contributed by atoms with Crippen molar-refractivity contribution >= 4 is 29.9 Å². The quantitative estimate of drug-likeness (QED) is 0.387. The van der Waals surface area contributed by atoms with Gasteiger partial charge in [0, 0.05) is 43.7 Å². The number of rotatable bonds is 5. The van der Waals surface area contributed by atoms with Crippen LogP contribution in [0, 0.1) is 11.6 Å². The van der Waals surface area contributed by atoms with Gasteiger partial charge in [-0.3, -0.25) is 4.99 Å². The van der Waals surface area contributed by atoms with Crippen LogP contribution in [0.5, 0.6) is 0 Å². The number of nitrogens with one attached hydrogen (secondary N) is 2. The van der Waals surface area contributed by atoms with Crippen molar-refractivity contribution in [2.75, 3.05) is 26.7 Å². The smallest absolute Gasteiger partial charge is 0.191 e. The Bertz CT molecular complexity index is 597. The molecule has 2 aliphatic rings. The van der Waals surface area contributed by atoms with Crippen molar-refractivity contribution in [1.29, 1.82) is 0 Å². The van der Waals surface area contributed by atoms with Crippen LogP contribution in [0.15, 0.2) is 23.2 Å². The predicted octanol–water partition coefficient (Wildman–Crippen LogP) is 3.48. The van der Waals surface area contributed by atoms with Gasteiger partial charge in [-0.05, 0) is 44.4 Å². The lowest BCUT2D eigenvalue weighted by atomic mass is 10.1. The SMILES string of the molecule is CCCN1CCC(NC(=NC)NC2CC2c2c(F)cccc2F)CC1.I. The second-order valence-corrected chi connectivity index (χ2v) is 7.06. The van der Waals surface area contributed by atoms with Gasteiger partial charge in [-0.1, -0.05) is 13.0 Å². The van der Waals surface area contributed by atoms with E-state index in [1.807, 2.05) is 0 Å². The Kier molecular flexibility index (Phi) is 8.06. The minimum absolute atomic E-state index is 0. The average Bonchev–Trinajstić information content (AvgIpc) is 3.34. The van der Waals surface area contributed by atoms with E-state index in [2.05, 4.69) is 27.4 Å². The van der Waals surface area contributed by atoms with Crippen molar-refractivity contribution in [3.8, 4) is 0 Å². The van der Waals surface area contributed by atoms with Gasteiger partial charge >= 0.3 is 0 Å². The zero-order chi connectivity index (χ0) is 17.8. The first-order chi connectivity index (χ1) is 12.1. The van der Waals surface area contributed by atoms with Gasteiger partial charge in [0.15, 0.2) is 5.96 Å². The van der Waals surface area contributed by atoms with Gasteiger partial charge in [0.05, 0.1) is 0 Å². The van der Waals surface area contributed by atoms with Crippen molar-refractivity contribution in [3.63, 3.8) is 0 Å². The van der Waals surface area contributed by atoms with Gasteiger partial charge in [0.2, 0.25) is 0 Å². The van der Waals surface area contributed by atoms with Crippen molar-refractivity contribution in [1.82, 2.24) is 15.5 Å². The number of halogens is 3. The van der Waals surface area contributed by atoms with E-state index in [0.29, 0.717) is 6.04 Å². The Balaban J connectivity index is 0.00000243. The molecule has 146 valence electrons. The molecule has 7 heteroatoms. The number of benzene rings is 1. The fourth-order valence-corrected chi connectivity index (χ4v) is 3.70. The molecule has 0 radical (unpaired) electrons. The largest absolute Gasteiger partial charge is 0.354 e. The summed E-state index contributed by atoms with van der Waals surface area (Å²) in [6, 6.07) is 4.50. The Hall–Kier alpha value is -0.960. The molecule has 0 bridgehead atoms. The number of hydrogen-bond acceptors (Lipinski definition) is 2. The summed E-state index contributed by atoms with van der Waals surface area (Å²) < 4.78 is 27.8. The lowest BCUT2D eigenvalue weighted by Crippen LogP contribution is -2.49. The lowest BCUT2D eigenvalue weighted by Gasteiger charge is -2.32. The first-order valence-corrected chi connectivity index (χ1v) is 9.28. The molecule has 1 aromatic rings. The average molecular weight is 478 g/mol. The van der Waals surface area contributed by atoms with E-state index in [9.17, 15) is 8.78 Å². The summed E-state index contributed by atoms with van der Waals surface area (Å²) in [4.78, 5) is 6.78. The second-order valence-electron chi connectivity index (χ2n) is 7.06. The van der Waals surface area contributed by atoms with E-state index in [4.69, 9.17) is 0 Å². The molecule has 2 N–H and O–H groups in total. The summed E-state index contributed by atoms with van der Waals surface area (Å²) in [5.41, 5.74) is 0.198. The molecular formula is C19H29F2IN4. The van der Waals surface area contributed by atoms with Crippen LogP contribution in [0.1, 0.15) is 44.1 Å². The minimum atomic E-state index is -0.458. The molecular weight excluding hydrogens is 449 g/mol. The van der Waals surface area contributed by atoms with E-state index in [0.717, 1.165) is 44.9 Å². The zero-order valence-electron chi connectivity index (χ0n) is 15.5. The Morgan fingerprint density at radius 2 is 1.85 bits per heavy atom. The summed E-state index contributed by atoms with van der Waals surface area (Å²) in [6.07, 6.45) is 4.11. The first kappa shape index (κ1) is 21.3. The van der Waals surface area contributed by atoms with Gasteiger partial charge in [-0.25, -0.2) is 8.78 Å². The van der Waals surface area contributed by atoms with Gasteiger partial charge in [-0.15, -0.1) is 24.0 Å². The molecule has 0 spiro atoms. The van der Waals surface area contributed by atoms with Crippen LogP contribution < -0.4 is 10.6 Å². The Morgan fingerprint density at radius 3 is 2.42 bits per heavy atom. The van der Waals surface area contributed by atoms with Crippen molar-refractivity contribution in [2.45, 2.75) is 50.6 Å². The molecule has 2 atom stereocenters. The van der Waals surface area contributed by atoms with E-state index in [1.165, 1.54) is 24.6 Å². The second kappa shape index (κ2) is 9.82. The summed E-state index contributed by atoms with van der Waals surface area (Å²) in [6.45, 7) is 5.59. The normalized spacial score (nSPS) is 24.1. The van der Waals surface area contributed by atoms with Gasteiger partial charge in [0.1, 0.15) is 11.6 Å². The van der Waals surface area contributed by atoms with Crippen LogP contribution >= 0.6 is 24.0 Å². The van der Waals surface area contributed by atoms with Crippen LogP contribution in [0.4, 0.5) is 8.78 Å².